The number of amides is 2. The number of nitrogens with zero attached hydrogens (tertiary/aromatic N) is 3. The monoisotopic (exact) mass is 389 g/mol. The van der Waals surface area contributed by atoms with Gasteiger partial charge >= 0.3 is 0 Å². The minimum absolute atomic E-state index is 0.0588. The highest BCUT2D eigenvalue weighted by atomic mass is 32.1. The van der Waals surface area contributed by atoms with Crippen molar-refractivity contribution in [1.82, 2.24) is 15.1 Å². The predicted octanol–water partition coefficient (Wildman–Crippen LogP) is 2.56. The van der Waals surface area contributed by atoms with E-state index in [1.54, 1.807) is 18.1 Å². The van der Waals surface area contributed by atoms with E-state index in [4.69, 9.17) is 4.74 Å². The maximum absolute atomic E-state index is 12.9. The van der Waals surface area contributed by atoms with Gasteiger partial charge in [-0.3, -0.25) is 14.9 Å². The number of fused-ring (bicyclic) bond motifs is 1. The number of para-hydroxylation sites is 1. The molecule has 0 bridgehead atoms. The van der Waals surface area contributed by atoms with Gasteiger partial charge in [-0.2, -0.15) is 0 Å². The van der Waals surface area contributed by atoms with Gasteiger partial charge in [-0.15, -0.1) is 10.2 Å². The van der Waals surface area contributed by atoms with E-state index in [0.717, 1.165) is 12.1 Å². The third kappa shape index (κ3) is 4.61. The molecule has 144 valence electrons. The van der Waals surface area contributed by atoms with Crippen molar-refractivity contribution in [2.24, 2.45) is 5.92 Å². The molecule has 2 aromatic rings. The van der Waals surface area contributed by atoms with Gasteiger partial charge in [-0.25, -0.2) is 0 Å². The molecule has 1 aliphatic heterocycles. The molecule has 1 aromatic carbocycles. The Morgan fingerprint density at radius 1 is 1.37 bits per heavy atom. The molecule has 0 fully saturated rings. The Bertz CT molecular complexity index is 823. The smallest absolute Gasteiger partial charge is 0.258 e. The predicted molar refractivity (Wildman–Crippen MR) is 104 cm³/mol. The SMILES string of the molecule is COCc1nnc(NC(=O)CN2C(=O)c3ccccc3N[C@H]2CC(C)C)s1. The van der Waals surface area contributed by atoms with E-state index >= 15 is 0 Å². The zero-order valence-electron chi connectivity index (χ0n) is 15.6. The second-order valence-electron chi connectivity index (χ2n) is 6.75. The lowest BCUT2D eigenvalue weighted by molar-refractivity contribution is -0.117. The molecule has 2 amide bonds. The first-order valence-corrected chi connectivity index (χ1v) is 9.57. The average Bonchev–Trinajstić information content (AvgIpc) is 3.05. The highest BCUT2D eigenvalue weighted by Crippen LogP contribution is 2.27. The van der Waals surface area contributed by atoms with Gasteiger partial charge in [0.05, 0.1) is 5.56 Å². The number of hydrogen-bond acceptors (Lipinski definition) is 7. The van der Waals surface area contributed by atoms with Crippen molar-refractivity contribution in [2.75, 3.05) is 24.3 Å². The molecule has 9 heteroatoms. The highest BCUT2D eigenvalue weighted by Gasteiger charge is 2.33. The molecule has 0 spiro atoms. The fourth-order valence-electron chi connectivity index (χ4n) is 2.96. The van der Waals surface area contributed by atoms with Crippen LogP contribution in [0, 0.1) is 5.92 Å². The summed E-state index contributed by atoms with van der Waals surface area (Å²) in [5, 5.41) is 15.0. The zero-order chi connectivity index (χ0) is 19.4. The number of nitrogens with one attached hydrogen (secondary N) is 2. The zero-order valence-corrected chi connectivity index (χ0v) is 16.4. The molecule has 0 aliphatic carbocycles. The van der Waals surface area contributed by atoms with Crippen molar-refractivity contribution in [2.45, 2.75) is 33.0 Å². The van der Waals surface area contributed by atoms with Crippen LogP contribution in [0.15, 0.2) is 24.3 Å². The first-order valence-electron chi connectivity index (χ1n) is 8.75. The summed E-state index contributed by atoms with van der Waals surface area (Å²) in [6.07, 6.45) is 0.501. The van der Waals surface area contributed by atoms with Crippen molar-refractivity contribution in [3.63, 3.8) is 0 Å². The number of methoxy groups -OCH3 is 1. The van der Waals surface area contributed by atoms with Crippen molar-refractivity contribution >= 4 is 34.0 Å². The molecular formula is C18H23N5O3S. The Morgan fingerprint density at radius 2 is 2.15 bits per heavy atom. The van der Waals surface area contributed by atoms with Crippen LogP contribution in [0.4, 0.5) is 10.8 Å². The minimum Gasteiger partial charge on any atom is -0.377 e. The summed E-state index contributed by atoms with van der Waals surface area (Å²) in [6, 6.07) is 7.36. The lowest BCUT2D eigenvalue weighted by atomic mass is 10.0. The van der Waals surface area contributed by atoms with Crippen LogP contribution in [-0.4, -0.2) is 46.7 Å². The summed E-state index contributed by atoms with van der Waals surface area (Å²) in [7, 11) is 1.57. The number of aromatic nitrogens is 2. The van der Waals surface area contributed by atoms with Gasteiger partial charge in [-0.1, -0.05) is 37.3 Å². The number of benzene rings is 1. The van der Waals surface area contributed by atoms with Gasteiger partial charge in [-0.05, 0) is 24.5 Å². The Labute approximate surface area is 161 Å². The van der Waals surface area contributed by atoms with Crippen molar-refractivity contribution in [3.05, 3.63) is 34.8 Å². The normalized spacial score (nSPS) is 16.2. The number of hydrogen-bond donors (Lipinski definition) is 2. The number of rotatable bonds is 7. The summed E-state index contributed by atoms with van der Waals surface area (Å²) in [5.41, 5.74) is 1.38. The van der Waals surface area contributed by atoms with Crippen LogP contribution < -0.4 is 10.6 Å². The molecule has 0 radical (unpaired) electrons. The van der Waals surface area contributed by atoms with Gasteiger partial charge in [0, 0.05) is 12.8 Å². The van der Waals surface area contributed by atoms with Gasteiger partial charge < -0.3 is 15.0 Å². The first-order chi connectivity index (χ1) is 13.0. The molecule has 2 heterocycles. The van der Waals surface area contributed by atoms with E-state index in [0.29, 0.717) is 28.2 Å². The summed E-state index contributed by atoms with van der Waals surface area (Å²) in [4.78, 5) is 27.0. The van der Waals surface area contributed by atoms with E-state index in [2.05, 4.69) is 34.7 Å². The summed E-state index contributed by atoms with van der Waals surface area (Å²) < 4.78 is 5.00. The lowest BCUT2D eigenvalue weighted by Gasteiger charge is -2.38. The van der Waals surface area contributed by atoms with Crippen LogP contribution in [0.3, 0.4) is 0 Å². The van der Waals surface area contributed by atoms with Crippen LogP contribution >= 0.6 is 11.3 Å². The molecule has 0 saturated carbocycles. The Morgan fingerprint density at radius 3 is 2.89 bits per heavy atom. The van der Waals surface area contributed by atoms with Crippen molar-refractivity contribution in [3.8, 4) is 0 Å². The van der Waals surface area contributed by atoms with E-state index in [-0.39, 0.29) is 24.5 Å². The highest BCUT2D eigenvalue weighted by molar-refractivity contribution is 7.15. The molecule has 0 unspecified atom stereocenters. The Balaban J connectivity index is 1.73. The van der Waals surface area contributed by atoms with Crippen LogP contribution in [0.5, 0.6) is 0 Å². The average molecular weight is 389 g/mol. The molecule has 0 saturated heterocycles. The maximum Gasteiger partial charge on any atom is 0.258 e. The molecule has 1 aliphatic rings. The lowest BCUT2D eigenvalue weighted by Crippen LogP contribution is -2.52. The second-order valence-corrected chi connectivity index (χ2v) is 7.81. The molecule has 27 heavy (non-hydrogen) atoms. The molecule has 1 aromatic heterocycles. The summed E-state index contributed by atoms with van der Waals surface area (Å²) in [5.74, 6) is -0.0909. The quantitative estimate of drug-likeness (QED) is 0.755. The topological polar surface area (TPSA) is 96.5 Å². The molecule has 1 atom stereocenters. The van der Waals surface area contributed by atoms with Gasteiger partial charge in [0.25, 0.3) is 5.91 Å². The fourth-order valence-corrected chi connectivity index (χ4v) is 3.69. The number of anilines is 2. The summed E-state index contributed by atoms with van der Waals surface area (Å²) >= 11 is 1.25. The van der Waals surface area contributed by atoms with E-state index < -0.39 is 0 Å². The summed E-state index contributed by atoms with van der Waals surface area (Å²) in [6.45, 7) is 4.46. The third-order valence-electron chi connectivity index (χ3n) is 4.11. The van der Waals surface area contributed by atoms with Crippen molar-refractivity contribution < 1.29 is 14.3 Å². The second kappa shape index (κ2) is 8.45. The molecule has 8 nitrogen and oxygen atoms in total. The minimum atomic E-state index is -0.307. The first kappa shape index (κ1) is 19.2. The van der Waals surface area contributed by atoms with Crippen LogP contribution in [0.25, 0.3) is 0 Å². The van der Waals surface area contributed by atoms with Crippen LogP contribution in [0.1, 0.15) is 35.6 Å². The van der Waals surface area contributed by atoms with E-state index in [9.17, 15) is 9.59 Å². The number of ether oxygens (including phenoxy) is 1. The fraction of sp³-hybridized carbons (Fsp3) is 0.444. The van der Waals surface area contributed by atoms with E-state index in [1.165, 1.54) is 11.3 Å². The third-order valence-corrected chi connectivity index (χ3v) is 4.92. The molecular weight excluding hydrogens is 366 g/mol. The standard InChI is InChI=1S/C18H23N5O3S/c1-11(2)8-14-19-13-7-5-4-6-12(13)17(25)23(14)9-15(24)20-18-22-21-16(27-18)10-26-3/h4-7,11,14,19H,8-10H2,1-3H3,(H,20,22,24)/t14-/m1/s1. The number of carbonyl (C=O) groups is 2. The molecule has 3 rings (SSSR count). The molecule has 2 N–H and O–H groups in total. The largest absolute Gasteiger partial charge is 0.377 e. The number of carbonyl (C=O) groups excluding carboxylic acids is 2. The Kier molecular flexibility index (Phi) is 6.02. The van der Waals surface area contributed by atoms with Crippen molar-refractivity contribution in [1.29, 1.82) is 0 Å². The van der Waals surface area contributed by atoms with Gasteiger partial charge in [0.2, 0.25) is 11.0 Å². The van der Waals surface area contributed by atoms with E-state index in [1.807, 2.05) is 18.2 Å². The van der Waals surface area contributed by atoms with Crippen LogP contribution in [0.2, 0.25) is 0 Å². The van der Waals surface area contributed by atoms with Crippen LogP contribution in [-0.2, 0) is 16.1 Å². The van der Waals surface area contributed by atoms with Gasteiger partial charge in [0.1, 0.15) is 24.3 Å². The maximum atomic E-state index is 12.9. The van der Waals surface area contributed by atoms with Gasteiger partial charge in [0.15, 0.2) is 0 Å². The Hall–Kier alpha value is -2.52.